The van der Waals surface area contributed by atoms with Crippen molar-refractivity contribution in [2.45, 2.75) is 52.5 Å². The van der Waals surface area contributed by atoms with Crippen LogP contribution in [0, 0.1) is 16.7 Å². The van der Waals surface area contributed by atoms with Crippen molar-refractivity contribution >= 4 is 0 Å². The van der Waals surface area contributed by atoms with Crippen LogP contribution in [0.25, 0.3) is 0 Å². The van der Waals surface area contributed by atoms with E-state index in [0.717, 1.165) is 5.92 Å². The smallest absolute Gasteiger partial charge is 0.00722 e. The third-order valence-corrected chi connectivity index (χ3v) is 5.05. The van der Waals surface area contributed by atoms with Gasteiger partial charge in [-0.15, -0.1) is 0 Å². The van der Waals surface area contributed by atoms with Gasteiger partial charge in [-0.1, -0.05) is 13.8 Å². The molecule has 1 atom stereocenters. The summed E-state index contributed by atoms with van der Waals surface area (Å²) in [4.78, 5) is 0. The topological polar surface area (TPSA) is 26.0 Å². The highest BCUT2D eigenvalue weighted by molar-refractivity contribution is 5.11. The highest BCUT2D eigenvalue weighted by atomic mass is 14.8. The van der Waals surface area contributed by atoms with E-state index in [2.05, 4.69) is 20.8 Å². The number of fused-ring (bicyclic) bond motifs is 2. The third-order valence-electron chi connectivity index (χ3n) is 5.05. The molecule has 2 N–H and O–H groups in total. The molecule has 2 aliphatic carbocycles. The van der Waals surface area contributed by atoms with Crippen LogP contribution in [0.3, 0.4) is 0 Å². The van der Waals surface area contributed by atoms with Gasteiger partial charge in [0.2, 0.25) is 0 Å². The van der Waals surface area contributed by atoms with Crippen LogP contribution in [0.5, 0.6) is 0 Å². The molecule has 1 heteroatoms. The van der Waals surface area contributed by atoms with E-state index in [-0.39, 0.29) is 0 Å². The van der Waals surface area contributed by atoms with Gasteiger partial charge in [0.05, 0.1) is 0 Å². The fourth-order valence-corrected chi connectivity index (χ4v) is 3.95. The van der Waals surface area contributed by atoms with Crippen LogP contribution >= 0.6 is 0 Å². The van der Waals surface area contributed by atoms with Gasteiger partial charge in [0, 0.05) is 6.04 Å². The summed E-state index contributed by atoms with van der Waals surface area (Å²) in [6, 6.07) is 0.389. The molecule has 1 unspecified atom stereocenters. The molecule has 2 bridgehead atoms. The molecule has 0 amide bonds. The Labute approximate surface area is 75.7 Å². The molecule has 0 heterocycles. The van der Waals surface area contributed by atoms with Crippen LogP contribution in [-0.4, -0.2) is 6.04 Å². The van der Waals surface area contributed by atoms with Crippen molar-refractivity contribution in [3.05, 3.63) is 0 Å². The van der Waals surface area contributed by atoms with E-state index in [1.807, 2.05) is 0 Å². The Hall–Kier alpha value is -0.0400. The Morgan fingerprint density at radius 3 is 1.92 bits per heavy atom. The summed E-state index contributed by atoms with van der Waals surface area (Å²) in [6.07, 6.45) is 5.60. The summed E-state index contributed by atoms with van der Waals surface area (Å²) < 4.78 is 0. The molecule has 2 saturated carbocycles. The summed E-state index contributed by atoms with van der Waals surface area (Å²) >= 11 is 0. The van der Waals surface area contributed by atoms with Crippen molar-refractivity contribution in [3.8, 4) is 0 Å². The fourth-order valence-electron chi connectivity index (χ4n) is 3.95. The largest absolute Gasteiger partial charge is 0.327 e. The molecule has 0 saturated heterocycles. The zero-order valence-electron chi connectivity index (χ0n) is 8.56. The molecule has 1 nitrogen and oxygen atoms in total. The molecule has 2 aliphatic rings. The van der Waals surface area contributed by atoms with Gasteiger partial charge >= 0.3 is 0 Å². The lowest BCUT2D eigenvalue weighted by molar-refractivity contribution is 0.100. The lowest BCUT2D eigenvalue weighted by Crippen LogP contribution is -2.44. The molecule has 0 spiro atoms. The van der Waals surface area contributed by atoms with E-state index in [1.54, 1.807) is 0 Å². The van der Waals surface area contributed by atoms with Crippen LogP contribution in [0.15, 0.2) is 0 Å². The van der Waals surface area contributed by atoms with Gasteiger partial charge in [-0.25, -0.2) is 0 Å². The van der Waals surface area contributed by atoms with E-state index >= 15 is 0 Å². The first-order valence-corrected chi connectivity index (χ1v) is 5.26. The first kappa shape index (κ1) is 8.55. The summed E-state index contributed by atoms with van der Waals surface area (Å²) in [5, 5.41) is 0. The average Bonchev–Trinajstić information content (AvgIpc) is 2.40. The number of rotatable bonds is 1. The zero-order chi connectivity index (χ0) is 8.98. The first-order chi connectivity index (χ1) is 5.51. The maximum Gasteiger partial charge on any atom is 0.00722 e. The van der Waals surface area contributed by atoms with Gasteiger partial charge in [0.25, 0.3) is 0 Å². The lowest BCUT2D eigenvalue weighted by Gasteiger charge is -2.41. The minimum absolute atomic E-state index is 0.389. The SMILES string of the molecule is CC(N)C12CCC(CC1)C2(C)C. The molecular formula is C11H21N. The Morgan fingerprint density at radius 2 is 1.75 bits per heavy atom. The molecule has 70 valence electrons. The van der Waals surface area contributed by atoms with Crippen molar-refractivity contribution in [2.75, 3.05) is 0 Å². The van der Waals surface area contributed by atoms with Crippen molar-refractivity contribution < 1.29 is 0 Å². The van der Waals surface area contributed by atoms with Gasteiger partial charge < -0.3 is 5.73 Å². The van der Waals surface area contributed by atoms with Gasteiger partial charge in [-0.05, 0) is 49.4 Å². The van der Waals surface area contributed by atoms with Crippen LogP contribution < -0.4 is 5.73 Å². The maximum atomic E-state index is 6.15. The third kappa shape index (κ3) is 0.736. The molecule has 0 radical (unpaired) electrons. The lowest BCUT2D eigenvalue weighted by atomic mass is 9.65. The number of nitrogens with two attached hydrogens (primary N) is 1. The number of hydrogen-bond donors (Lipinski definition) is 1. The summed E-state index contributed by atoms with van der Waals surface area (Å²) in [5.41, 5.74) is 7.14. The van der Waals surface area contributed by atoms with Gasteiger partial charge in [0.1, 0.15) is 0 Å². The second-order valence-electron chi connectivity index (χ2n) is 5.44. The van der Waals surface area contributed by atoms with Crippen LogP contribution in [0.2, 0.25) is 0 Å². The Balaban J connectivity index is 2.36. The van der Waals surface area contributed by atoms with E-state index in [4.69, 9.17) is 5.73 Å². The molecule has 12 heavy (non-hydrogen) atoms. The van der Waals surface area contributed by atoms with E-state index in [9.17, 15) is 0 Å². The quantitative estimate of drug-likeness (QED) is 0.638. The molecular weight excluding hydrogens is 146 g/mol. The van der Waals surface area contributed by atoms with Gasteiger partial charge in [-0.2, -0.15) is 0 Å². The van der Waals surface area contributed by atoms with Crippen LogP contribution in [-0.2, 0) is 0 Å². The molecule has 0 aromatic carbocycles. The molecule has 0 aliphatic heterocycles. The summed E-state index contributed by atoms with van der Waals surface area (Å²) in [5.74, 6) is 0.962. The Morgan fingerprint density at radius 1 is 1.25 bits per heavy atom. The predicted molar refractivity (Wildman–Crippen MR) is 51.8 cm³/mol. The standard InChI is InChI=1S/C11H21N/c1-8(12)11-6-4-9(5-7-11)10(11,2)3/h8-9H,4-7,12H2,1-3H3. The highest BCUT2D eigenvalue weighted by Crippen LogP contribution is 2.66. The second kappa shape index (κ2) is 2.25. The van der Waals surface area contributed by atoms with Gasteiger partial charge in [0.15, 0.2) is 0 Å². The van der Waals surface area contributed by atoms with Crippen molar-refractivity contribution in [3.63, 3.8) is 0 Å². The Bertz CT molecular complexity index is 185. The zero-order valence-corrected chi connectivity index (χ0v) is 8.56. The van der Waals surface area contributed by atoms with Crippen molar-refractivity contribution in [1.82, 2.24) is 0 Å². The average molecular weight is 167 g/mol. The van der Waals surface area contributed by atoms with E-state index < -0.39 is 0 Å². The first-order valence-electron chi connectivity index (χ1n) is 5.26. The fraction of sp³-hybridized carbons (Fsp3) is 1.00. The molecule has 2 fully saturated rings. The molecule has 0 aromatic rings. The predicted octanol–water partition coefficient (Wildman–Crippen LogP) is 2.55. The summed E-state index contributed by atoms with van der Waals surface area (Å²) in [7, 11) is 0. The maximum absolute atomic E-state index is 6.15. The Kier molecular flexibility index (Phi) is 1.61. The van der Waals surface area contributed by atoms with Crippen LogP contribution in [0.4, 0.5) is 0 Å². The minimum Gasteiger partial charge on any atom is -0.327 e. The second-order valence-corrected chi connectivity index (χ2v) is 5.44. The highest BCUT2D eigenvalue weighted by Gasteiger charge is 2.60. The molecule has 2 rings (SSSR count). The van der Waals surface area contributed by atoms with Gasteiger partial charge in [-0.3, -0.25) is 0 Å². The van der Waals surface area contributed by atoms with E-state index in [1.165, 1.54) is 25.7 Å². The van der Waals surface area contributed by atoms with Crippen molar-refractivity contribution in [1.29, 1.82) is 0 Å². The summed E-state index contributed by atoms with van der Waals surface area (Å²) in [6.45, 7) is 7.07. The van der Waals surface area contributed by atoms with Crippen molar-refractivity contribution in [2.24, 2.45) is 22.5 Å². The monoisotopic (exact) mass is 167 g/mol. The van der Waals surface area contributed by atoms with E-state index in [0.29, 0.717) is 16.9 Å². The molecule has 0 aromatic heterocycles. The minimum atomic E-state index is 0.389. The number of hydrogen-bond acceptors (Lipinski definition) is 1. The van der Waals surface area contributed by atoms with Crippen LogP contribution in [0.1, 0.15) is 46.5 Å². The normalized spacial score (nSPS) is 46.5.